The Labute approximate surface area is 145 Å². The highest BCUT2D eigenvalue weighted by Crippen LogP contribution is 2.36. The van der Waals surface area contributed by atoms with E-state index in [2.05, 4.69) is 48.0 Å². The molecule has 0 bridgehead atoms. The number of thiazole rings is 1. The van der Waals surface area contributed by atoms with Gasteiger partial charge in [-0.3, -0.25) is 4.79 Å². The molecule has 1 aliphatic rings. The van der Waals surface area contributed by atoms with E-state index < -0.39 is 0 Å². The zero-order valence-electron chi connectivity index (χ0n) is 13.7. The number of aryl methyl sites for hydroxylation is 1. The topological polar surface area (TPSA) is 42.0 Å². The minimum absolute atomic E-state index is 0.0668. The number of hydrogen-bond donors (Lipinski definition) is 1. The first-order valence-corrected chi connectivity index (χ1v) is 9.03. The number of anilines is 1. The second kappa shape index (κ2) is 5.87. The number of nitrogens with one attached hydrogen (secondary N) is 1. The van der Waals surface area contributed by atoms with Crippen molar-refractivity contribution in [2.75, 3.05) is 5.32 Å². The molecule has 0 radical (unpaired) electrons. The van der Waals surface area contributed by atoms with Crippen molar-refractivity contribution in [3.8, 4) is 21.8 Å². The zero-order chi connectivity index (χ0) is 16.7. The van der Waals surface area contributed by atoms with Crippen LogP contribution >= 0.6 is 11.3 Å². The fourth-order valence-electron chi connectivity index (χ4n) is 3.00. The van der Waals surface area contributed by atoms with Gasteiger partial charge in [0.1, 0.15) is 5.01 Å². The molecule has 1 amide bonds. The summed E-state index contributed by atoms with van der Waals surface area (Å²) in [5.74, 6) is -0.0308. The van der Waals surface area contributed by atoms with Crippen molar-refractivity contribution in [1.82, 2.24) is 4.98 Å². The maximum atomic E-state index is 11.8. The molecule has 3 aromatic rings. The molecule has 1 N–H and O–H groups in total. The molecule has 0 saturated carbocycles. The summed E-state index contributed by atoms with van der Waals surface area (Å²) in [6.07, 6.45) is 1.05. The van der Waals surface area contributed by atoms with Gasteiger partial charge in [-0.2, -0.15) is 0 Å². The molecule has 1 aliphatic heterocycles. The fourth-order valence-corrected chi connectivity index (χ4v) is 3.83. The molecule has 0 spiro atoms. The first kappa shape index (κ1) is 15.1. The highest BCUT2D eigenvalue weighted by Gasteiger charge is 2.26. The maximum absolute atomic E-state index is 11.8. The van der Waals surface area contributed by atoms with Gasteiger partial charge in [0.25, 0.3) is 0 Å². The van der Waals surface area contributed by atoms with Crippen molar-refractivity contribution in [2.24, 2.45) is 0 Å². The lowest BCUT2D eigenvalue weighted by Crippen LogP contribution is -2.08. The maximum Gasteiger partial charge on any atom is 0.231 e. The van der Waals surface area contributed by atoms with Crippen molar-refractivity contribution in [3.63, 3.8) is 0 Å². The quantitative estimate of drug-likeness (QED) is 0.724. The molecule has 24 heavy (non-hydrogen) atoms. The van der Waals surface area contributed by atoms with Crippen LogP contribution in [0.2, 0.25) is 0 Å². The molecule has 1 atom stereocenters. The van der Waals surface area contributed by atoms with Crippen LogP contribution in [0.4, 0.5) is 5.69 Å². The van der Waals surface area contributed by atoms with E-state index >= 15 is 0 Å². The normalized spacial score (nSPS) is 16.1. The predicted octanol–water partition coefficient (Wildman–Crippen LogP) is 5.10. The van der Waals surface area contributed by atoms with Crippen LogP contribution in [-0.4, -0.2) is 10.9 Å². The van der Waals surface area contributed by atoms with Crippen molar-refractivity contribution >= 4 is 22.9 Å². The average molecular weight is 334 g/mol. The molecule has 1 aromatic heterocycles. The van der Waals surface area contributed by atoms with Crippen molar-refractivity contribution < 1.29 is 4.79 Å². The molecule has 3 nitrogen and oxygen atoms in total. The lowest BCUT2D eigenvalue weighted by molar-refractivity contribution is -0.116. The lowest BCUT2D eigenvalue weighted by Gasteiger charge is -2.04. The van der Waals surface area contributed by atoms with Crippen molar-refractivity contribution in [3.05, 3.63) is 59.0 Å². The molecule has 0 saturated heterocycles. The summed E-state index contributed by atoms with van der Waals surface area (Å²) < 4.78 is 0. The number of fused-ring (bicyclic) bond motifs is 1. The Bertz CT molecular complexity index is 912. The number of nitrogens with zero attached hydrogens (tertiary/aromatic N) is 1. The Hall–Kier alpha value is -2.46. The smallest absolute Gasteiger partial charge is 0.231 e. The van der Waals surface area contributed by atoms with Crippen LogP contribution in [-0.2, 0) is 11.2 Å². The summed E-state index contributed by atoms with van der Waals surface area (Å²) in [6, 6.07) is 14.7. The van der Waals surface area contributed by atoms with Gasteiger partial charge in [-0.05, 0) is 36.6 Å². The first-order valence-electron chi connectivity index (χ1n) is 8.15. The Morgan fingerprint density at radius 2 is 1.88 bits per heavy atom. The molecule has 2 aromatic carbocycles. The Morgan fingerprint density at radius 1 is 1.12 bits per heavy atom. The first-order chi connectivity index (χ1) is 11.7. The summed E-state index contributed by atoms with van der Waals surface area (Å²) in [4.78, 5) is 16.6. The largest absolute Gasteiger partial charge is 0.325 e. The third-order valence-electron chi connectivity index (χ3n) is 4.58. The van der Waals surface area contributed by atoms with Gasteiger partial charge in [-0.1, -0.05) is 37.3 Å². The fraction of sp³-hybridized carbons (Fsp3) is 0.200. The number of hydrogen-bond acceptors (Lipinski definition) is 3. The molecule has 2 heterocycles. The standard InChI is InChI=1S/C20H18N2OS/c1-3-13-4-6-14(7-5-13)20-22-18(11-24-20)15-8-9-17-16(10-15)12(2)19(23)21-17/h4-12H,3H2,1-2H3,(H,21,23)/t12-/m0/s1. The summed E-state index contributed by atoms with van der Waals surface area (Å²) in [5.41, 5.74) is 6.48. The van der Waals surface area contributed by atoms with Crippen LogP contribution in [0.25, 0.3) is 21.8 Å². The van der Waals surface area contributed by atoms with E-state index in [0.29, 0.717) is 0 Å². The molecule has 0 unspecified atom stereocenters. The molecule has 120 valence electrons. The minimum Gasteiger partial charge on any atom is -0.325 e. The number of rotatable bonds is 3. The van der Waals surface area contributed by atoms with E-state index in [1.807, 2.05) is 19.1 Å². The average Bonchev–Trinajstić information content (AvgIpc) is 3.21. The summed E-state index contributed by atoms with van der Waals surface area (Å²) in [5, 5.41) is 6.02. The lowest BCUT2D eigenvalue weighted by atomic mass is 9.99. The van der Waals surface area contributed by atoms with E-state index in [1.54, 1.807) is 11.3 Å². The number of amides is 1. The number of carbonyl (C=O) groups excluding carboxylic acids is 1. The van der Waals surface area contributed by atoms with Gasteiger partial charge in [0.05, 0.1) is 11.6 Å². The van der Waals surface area contributed by atoms with Gasteiger partial charge >= 0.3 is 0 Å². The molecule has 4 heteroatoms. The van der Waals surface area contributed by atoms with Crippen LogP contribution in [0.3, 0.4) is 0 Å². The van der Waals surface area contributed by atoms with Crippen LogP contribution < -0.4 is 5.32 Å². The summed E-state index contributed by atoms with van der Waals surface area (Å²) in [7, 11) is 0. The molecular formula is C20H18N2OS. The second-order valence-electron chi connectivity index (χ2n) is 6.10. The molecule has 4 rings (SSSR count). The second-order valence-corrected chi connectivity index (χ2v) is 6.96. The van der Waals surface area contributed by atoms with Gasteiger partial charge in [-0.25, -0.2) is 4.98 Å². The number of carbonyl (C=O) groups is 1. The molecular weight excluding hydrogens is 316 g/mol. The molecule has 0 fully saturated rings. The van der Waals surface area contributed by atoms with Gasteiger partial charge < -0.3 is 5.32 Å². The monoisotopic (exact) mass is 334 g/mol. The zero-order valence-corrected chi connectivity index (χ0v) is 14.5. The van der Waals surface area contributed by atoms with Crippen molar-refractivity contribution in [2.45, 2.75) is 26.2 Å². The van der Waals surface area contributed by atoms with Crippen LogP contribution in [0, 0.1) is 0 Å². The van der Waals surface area contributed by atoms with Gasteiger partial charge in [0.2, 0.25) is 5.91 Å². The summed E-state index contributed by atoms with van der Waals surface area (Å²) >= 11 is 1.65. The van der Waals surface area contributed by atoms with Crippen molar-refractivity contribution in [1.29, 1.82) is 0 Å². The molecule has 0 aliphatic carbocycles. The van der Waals surface area contributed by atoms with Crippen LogP contribution in [0.15, 0.2) is 47.8 Å². The Kier molecular flexibility index (Phi) is 3.69. The summed E-state index contributed by atoms with van der Waals surface area (Å²) in [6.45, 7) is 4.09. The highest BCUT2D eigenvalue weighted by molar-refractivity contribution is 7.13. The van der Waals surface area contributed by atoms with E-state index in [0.717, 1.165) is 39.5 Å². The third kappa shape index (κ3) is 2.53. The van der Waals surface area contributed by atoms with Gasteiger partial charge in [0, 0.05) is 22.2 Å². The number of benzene rings is 2. The van der Waals surface area contributed by atoms with Crippen LogP contribution in [0.1, 0.15) is 30.9 Å². The van der Waals surface area contributed by atoms with E-state index in [1.165, 1.54) is 5.56 Å². The van der Waals surface area contributed by atoms with Gasteiger partial charge in [-0.15, -0.1) is 11.3 Å². The van der Waals surface area contributed by atoms with E-state index in [4.69, 9.17) is 4.98 Å². The third-order valence-corrected chi connectivity index (χ3v) is 5.47. The van der Waals surface area contributed by atoms with Gasteiger partial charge in [0.15, 0.2) is 0 Å². The highest BCUT2D eigenvalue weighted by atomic mass is 32.1. The Morgan fingerprint density at radius 3 is 2.62 bits per heavy atom. The predicted molar refractivity (Wildman–Crippen MR) is 99.4 cm³/mol. The Balaban J connectivity index is 1.67. The van der Waals surface area contributed by atoms with E-state index in [9.17, 15) is 4.79 Å². The van der Waals surface area contributed by atoms with E-state index in [-0.39, 0.29) is 11.8 Å². The van der Waals surface area contributed by atoms with Crippen LogP contribution in [0.5, 0.6) is 0 Å². The minimum atomic E-state index is -0.0976. The number of aromatic nitrogens is 1. The SMILES string of the molecule is CCc1ccc(-c2nc(-c3ccc4c(c3)[C@H](C)C(=O)N4)cs2)cc1.